The van der Waals surface area contributed by atoms with Crippen molar-refractivity contribution in [1.29, 1.82) is 0 Å². The molecule has 5 nitrogen and oxygen atoms in total. The van der Waals surface area contributed by atoms with Gasteiger partial charge in [-0.1, -0.05) is 27.5 Å². The fourth-order valence-electron chi connectivity index (χ4n) is 1.45. The Kier molecular flexibility index (Phi) is 4.53. The van der Waals surface area contributed by atoms with Crippen molar-refractivity contribution in [1.82, 2.24) is 4.98 Å². The summed E-state index contributed by atoms with van der Waals surface area (Å²) in [6.45, 7) is 0. The fourth-order valence-corrected chi connectivity index (χ4v) is 1.98. The van der Waals surface area contributed by atoms with Gasteiger partial charge in [0.15, 0.2) is 0 Å². The molecule has 0 fully saturated rings. The van der Waals surface area contributed by atoms with E-state index in [1.54, 1.807) is 6.07 Å². The van der Waals surface area contributed by atoms with Gasteiger partial charge in [-0.05, 0) is 30.3 Å². The number of hydrazine groups is 1. The fraction of sp³-hybridized carbons (Fsp3) is 0. The summed E-state index contributed by atoms with van der Waals surface area (Å²) in [7, 11) is 0. The Morgan fingerprint density at radius 3 is 2.75 bits per heavy atom. The Morgan fingerprint density at radius 1 is 1.35 bits per heavy atom. The lowest BCUT2D eigenvalue weighted by Crippen LogP contribution is -2.17. The SMILES string of the molecule is NNc1ccc(Cl)c(C(=O)Nc2ccc(Br)cc2F)n1. The van der Waals surface area contributed by atoms with Crippen LogP contribution in [-0.4, -0.2) is 10.9 Å². The van der Waals surface area contributed by atoms with Crippen molar-refractivity contribution < 1.29 is 9.18 Å². The normalized spacial score (nSPS) is 10.2. The number of aromatic nitrogens is 1. The molecule has 1 amide bonds. The molecular weight excluding hydrogens is 351 g/mol. The van der Waals surface area contributed by atoms with Gasteiger partial charge in [0.05, 0.1) is 10.7 Å². The summed E-state index contributed by atoms with van der Waals surface area (Å²) >= 11 is 9.02. The summed E-state index contributed by atoms with van der Waals surface area (Å²) < 4.78 is 14.2. The van der Waals surface area contributed by atoms with Crippen LogP contribution in [0.1, 0.15) is 10.5 Å². The highest BCUT2D eigenvalue weighted by Crippen LogP contribution is 2.22. The predicted molar refractivity (Wildman–Crippen MR) is 79.1 cm³/mol. The van der Waals surface area contributed by atoms with Gasteiger partial charge < -0.3 is 10.7 Å². The molecule has 0 spiro atoms. The highest BCUT2D eigenvalue weighted by Gasteiger charge is 2.15. The second kappa shape index (κ2) is 6.17. The van der Waals surface area contributed by atoms with E-state index in [-0.39, 0.29) is 22.2 Å². The minimum Gasteiger partial charge on any atom is -0.318 e. The second-order valence-corrected chi connectivity index (χ2v) is 5.07. The standard InChI is InChI=1S/C12H9BrClFN4O/c13-6-1-3-9(8(15)5-6)17-12(20)11-7(14)2-4-10(18-11)19-16/h1-5H,16H2,(H,17,20)(H,18,19). The molecule has 0 radical (unpaired) electrons. The van der Waals surface area contributed by atoms with Crippen LogP contribution in [0.15, 0.2) is 34.8 Å². The molecule has 20 heavy (non-hydrogen) atoms. The first-order valence-corrected chi connectivity index (χ1v) is 6.58. The van der Waals surface area contributed by atoms with Gasteiger partial charge in [0.1, 0.15) is 17.3 Å². The van der Waals surface area contributed by atoms with E-state index in [0.29, 0.717) is 4.47 Å². The molecular formula is C12H9BrClFN4O. The van der Waals surface area contributed by atoms with Gasteiger partial charge in [-0.2, -0.15) is 0 Å². The van der Waals surface area contributed by atoms with Crippen molar-refractivity contribution in [2.75, 3.05) is 10.7 Å². The molecule has 0 aliphatic heterocycles. The van der Waals surface area contributed by atoms with Crippen LogP contribution in [0.5, 0.6) is 0 Å². The molecule has 0 unspecified atom stereocenters. The van der Waals surface area contributed by atoms with Crippen molar-refractivity contribution in [2.45, 2.75) is 0 Å². The van der Waals surface area contributed by atoms with Crippen molar-refractivity contribution in [3.05, 3.63) is 51.3 Å². The smallest absolute Gasteiger partial charge is 0.275 e. The van der Waals surface area contributed by atoms with Crippen LogP contribution >= 0.6 is 27.5 Å². The number of hydrogen-bond donors (Lipinski definition) is 3. The van der Waals surface area contributed by atoms with Crippen LogP contribution < -0.4 is 16.6 Å². The molecule has 0 aliphatic carbocycles. The Labute approximate surface area is 127 Å². The van der Waals surface area contributed by atoms with Crippen molar-refractivity contribution in [2.24, 2.45) is 5.84 Å². The van der Waals surface area contributed by atoms with Crippen LogP contribution in [0.3, 0.4) is 0 Å². The summed E-state index contributed by atoms with van der Waals surface area (Å²) in [5.41, 5.74) is 2.28. The maximum Gasteiger partial charge on any atom is 0.275 e. The summed E-state index contributed by atoms with van der Waals surface area (Å²) in [5, 5.41) is 2.53. The summed E-state index contributed by atoms with van der Waals surface area (Å²) in [4.78, 5) is 16.0. The topological polar surface area (TPSA) is 80.0 Å². The van der Waals surface area contributed by atoms with E-state index in [4.69, 9.17) is 17.4 Å². The number of nitrogens with zero attached hydrogens (tertiary/aromatic N) is 1. The van der Waals surface area contributed by atoms with Crippen molar-refractivity contribution in [3.8, 4) is 0 Å². The third-order valence-corrected chi connectivity index (χ3v) is 3.19. The lowest BCUT2D eigenvalue weighted by molar-refractivity contribution is 0.102. The van der Waals surface area contributed by atoms with Crippen LogP contribution in [0.25, 0.3) is 0 Å². The number of benzene rings is 1. The molecule has 4 N–H and O–H groups in total. The number of nitrogens with two attached hydrogens (primary N) is 1. The zero-order chi connectivity index (χ0) is 14.7. The third-order valence-electron chi connectivity index (χ3n) is 2.39. The molecule has 0 saturated carbocycles. The molecule has 0 bridgehead atoms. The first-order valence-electron chi connectivity index (χ1n) is 5.41. The maximum absolute atomic E-state index is 13.6. The number of halogens is 3. The van der Waals surface area contributed by atoms with Crippen LogP contribution in [-0.2, 0) is 0 Å². The number of hydrogen-bond acceptors (Lipinski definition) is 4. The van der Waals surface area contributed by atoms with Gasteiger partial charge in [0.2, 0.25) is 0 Å². The molecule has 8 heteroatoms. The van der Waals surface area contributed by atoms with E-state index in [1.165, 1.54) is 24.3 Å². The third kappa shape index (κ3) is 3.24. The van der Waals surface area contributed by atoms with E-state index in [9.17, 15) is 9.18 Å². The van der Waals surface area contributed by atoms with Gasteiger partial charge >= 0.3 is 0 Å². The zero-order valence-corrected chi connectivity index (χ0v) is 12.3. The molecule has 1 aromatic carbocycles. The van der Waals surface area contributed by atoms with E-state index in [0.717, 1.165) is 0 Å². The molecule has 2 aromatic rings. The van der Waals surface area contributed by atoms with E-state index in [2.05, 4.69) is 31.7 Å². The van der Waals surface area contributed by atoms with E-state index >= 15 is 0 Å². The second-order valence-electron chi connectivity index (χ2n) is 3.75. The van der Waals surface area contributed by atoms with Crippen molar-refractivity contribution in [3.63, 3.8) is 0 Å². The minimum atomic E-state index is -0.631. The average Bonchev–Trinajstić information content (AvgIpc) is 2.42. The van der Waals surface area contributed by atoms with E-state index < -0.39 is 11.7 Å². The van der Waals surface area contributed by atoms with Gasteiger partial charge in [-0.25, -0.2) is 15.2 Å². The van der Waals surface area contributed by atoms with Gasteiger partial charge in [0.25, 0.3) is 5.91 Å². The van der Waals surface area contributed by atoms with Crippen molar-refractivity contribution >= 4 is 44.9 Å². The highest BCUT2D eigenvalue weighted by molar-refractivity contribution is 9.10. The quantitative estimate of drug-likeness (QED) is 0.581. The molecule has 0 atom stereocenters. The number of carbonyl (C=O) groups excluding carboxylic acids is 1. The molecule has 2 rings (SSSR count). The lowest BCUT2D eigenvalue weighted by atomic mass is 10.2. The van der Waals surface area contributed by atoms with Crippen LogP contribution in [0, 0.1) is 5.82 Å². The largest absolute Gasteiger partial charge is 0.318 e. The predicted octanol–water partition coefficient (Wildman–Crippen LogP) is 3.17. The highest BCUT2D eigenvalue weighted by atomic mass is 79.9. The lowest BCUT2D eigenvalue weighted by Gasteiger charge is -2.08. The first-order chi connectivity index (χ1) is 9.51. The summed E-state index contributed by atoms with van der Waals surface area (Å²) in [5.74, 6) is 4.28. The number of carbonyl (C=O) groups is 1. The Hall–Kier alpha value is -1.70. The number of anilines is 2. The molecule has 1 aromatic heterocycles. The Balaban J connectivity index is 2.28. The Bertz CT molecular complexity index is 668. The molecule has 0 aliphatic rings. The van der Waals surface area contributed by atoms with Gasteiger partial charge in [0, 0.05) is 4.47 Å². The molecule has 1 heterocycles. The summed E-state index contributed by atoms with van der Waals surface area (Å²) in [6.07, 6.45) is 0. The average molecular weight is 360 g/mol. The summed E-state index contributed by atoms with van der Waals surface area (Å²) in [6, 6.07) is 7.25. The van der Waals surface area contributed by atoms with Crippen LogP contribution in [0.2, 0.25) is 5.02 Å². The maximum atomic E-state index is 13.6. The monoisotopic (exact) mass is 358 g/mol. The van der Waals surface area contributed by atoms with Crippen LogP contribution in [0.4, 0.5) is 15.9 Å². The number of nitrogen functional groups attached to an aromatic ring is 1. The number of pyridine rings is 1. The molecule has 0 saturated heterocycles. The Morgan fingerprint density at radius 2 is 2.10 bits per heavy atom. The first kappa shape index (κ1) is 14.7. The van der Waals surface area contributed by atoms with Gasteiger partial charge in [-0.15, -0.1) is 0 Å². The number of nitrogens with one attached hydrogen (secondary N) is 2. The minimum absolute atomic E-state index is 0.0298. The number of amides is 1. The number of rotatable bonds is 3. The molecule has 104 valence electrons. The zero-order valence-electron chi connectivity index (χ0n) is 9.95. The van der Waals surface area contributed by atoms with Gasteiger partial charge in [-0.3, -0.25) is 4.79 Å². The van der Waals surface area contributed by atoms with E-state index in [1.807, 2.05) is 0 Å².